The molecule has 1 N–H and O–H groups in total. The Balaban J connectivity index is 2.14. The molecule has 0 atom stereocenters. The third-order valence-corrected chi connectivity index (χ3v) is 4.17. The predicted octanol–water partition coefficient (Wildman–Crippen LogP) is 5.54. The number of carboxylic acid groups (broad SMARTS) is 1. The third-order valence-electron chi connectivity index (χ3n) is 2.74. The number of rotatable bonds is 5. The molecular formula is C16H11Br2ClO3. The van der Waals surface area contributed by atoms with Gasteiger partial charge in [0.15, 0.2) is 0 Å². The minimum absolute atomic E-state index is 0.401. The fourth-order valence-electron chi connectivity index (χ4n) is 1.72. The van der Waals surface area contributed by atoms with Crippen molar-refractivity contribution in [2.75, 3.05) is 0 Å². The molecule has 22 heavy (non-hydrogen) atoms. The normalized spacial score (nSPS) is 10.9. The molecule has 0 spiro atoms. The highest BCUT2D eigenvalue weighted by atomic mass is 79.9. The van der Waals surface area contributed by atoms with Gasteiger partial charge in [-0.1, -0.05) is 23.7 Å². The zero-order valence-corrected chi connectivity index (χ0v) is 15.2. The summed E-state index contributed by atoms with van der Waals surface area (Å²) < 4.78 is 7.27. The summed E-state index contributed by atoms with van der Waals surface area (Å²) in [7, 11) is 0. The molecule has 0 saturated carbocycles. The van der Waals surface area contributed by atoms with Crippen molar-refractivity contribution in [1.29, 1.82) is 0 Å². The van der Waals surface area contributed by atoms with Crippen LogP contribution in [0.15, 0.2) is 51.4 Å². The standard InChI is InChI=1S/C16H11Br2ClO3/c17-13-7-11(3-6-15(20)21)8-14(18)16(13)22-9-10-1-4-12(19)5-2-10/h1-8H,9H2,(H,20,21)/b6-3+. The molecule has 0 bridgehead atoms. The van der Waals surface area contributed by atoms with Crippen molar-refractivity contribution < 1.29 is 14.6 Å². The molecular weight excluding hydrogens is 435 g/mol. The van der Waals surface area contributed by atoms with Gasteiger partial charge in [-0.3, -0.25) is 0 Å². The van der Waals surface area contributed by atoms with E-state index < -0.39 is 5.97 Å². The summed E-state index contributed by atoms with van der Waals surface area (Å²) >= 11 is 12.7. The molecule has 3 nitrogen and oxygen atoms in total. The number of hydrogen-bond donors (Lipinski definition) is 1. The molecule has 114 valence electrons. The average Bonchev–Trinajstić information content (AvgIpc) is 2.46. The Morgan fingerprint density at radius 1 is 1.18 bits per heavy atom. The average molecular weight is 447 g/mol. The number of benzene rings is 2. The van der Waals surface area contributed by atoms with Crippen LogP contribution in [0.1, 0.15) is 11.1 Å². The van der Waals surface area contributed by atoms with E-state index in [4.69, 9.17) is 21.4 Å². The van der Waals surface area contributed by atoms with Crippen LogP contribution in [-0.2, 0) is 11.4 Å². The van der Waals surface area contributed by atoms with Crippen LogP contribution in [0, 0.1) is 0 Å². The molecule has 0 amide bonds. The summed E-state index contributed by atoms with van der Waals surface area (Å²) in [4.78, 5) is 10.5. The lowest BCUT2D eigenvalue weighted by Crippen LogP contribution is -1.97. The highest BCUT2D eigenvalue weighted by molar-refractivity contribution is 9.11. The predicted molar refractivity (Wildman–Crippen MR) is 94.3 cm³/mol. The van der Waals surface area contributed by atoms with Crippen LogP contribution in [-0.4, -0.2) is 11.1 Å². The van der Waals surface area contributed by atoms with E-state index in [9.17, 15) is 4.79 Å². The smallest absolute Gasteiger partial charge is 0.328 e. The first-order valence-electron chi connectivity index (χ1n) is 6.23. The molecule has 0 aliphatic heterocycles. The van der Waals surface area contributed by atoms with E-state index in [1.54, 1.807) is 12.1 Å². The highest BCUT2D eigenvalue weighted by Crippen LogP contribution is 2.35. The molecule has 0 fully saturated rings. The maximum Gasteiger partial charge on any atom is 0.328 e. The molecule has 2 aromatic carbocycles. The first kappa shape index (κ1) is 17.1. The van der Waals surface area contributed by atoms with Crippen molar-refractivity contribution in [2.45, 2.75) is 6.61 Å². The van der Waals surface area contributed by atoms with Crippen LogP contribution in [0.3, 0.4) is 0 Å². The summed E-state index contributed by atoms with van der Waals surface area (Å²) in [6.07, 6.45) is 2.60. The lowest BCUT2D eigenvalue weighted by molar-refractivity contribution is -0.131. The molecule has 2 aromatic rings. The summed E-state index contributed by atoms with van der Waals surface area (Å²) in [6.45, 7) is 0.401. The van der Waals surface area contributed by atoms with Crippen LogP contribution in [0.4, 0.5) is 0 Å². The first-order chi connectivity index (χ1) is 10.5. The molecule has 0 unspecified atom stereocenters. The van der Waals surface area contributed by atoms with E-state index in [0.29, 0.717) is 17.4 Å². The van der Waals surface area contributed by atoms with Crippen LogP contribution in [0.2, 0.25) is 5.02 Å². The number of carbonyl (C=O) groups is 1. The van der Waals surface area contributed by atoms with Crippen LogP contribution in [0.25, 0.3) is 6.08 Å². The van der Waals surface area contributed by atoms with Crippen molar-refractivity contribution in [1.82, 2.24) is 0 Å². The van der Waals surface area contributed by atoms with E-state index in [-0.39, 0.29) is 0 Å². The second kappa shape index (κ2) is 7.81. The molecule has 6 heteroatoms. The number of hydrogen-bond acceptors (Lipinski definition) is 2. The van der Waals surface area contributed by atoms with E-state index >= 15 is 0 Å². The fourth-order valence-corrected chi connectivity index (χ4v) is 3.29. The fraction of sp³-hybridized carbons (Fsp3) is 0.0625. The van der Waals surface area contributed by atoms with Crippen LogP contribution in [0.5, 0.6) is 5.75 Å². The molecule has 0 radical (unpaired) electrons. The number of halogens is 3. The molecule has 2 rings (SSSR count). The highest BCUT2D eigenvalue weighted by Gasteiger charge is 2.09. The van der Waals surface area contributed by atoms with Gasteiger partial charge in [-0.05, 0) is 73.3 Å². The lowest BCUT2D eigenvalue weighted by Gasteiger charge is -2.11. The largest absolute Gasteiger partial charge is 0.487 e. The van der Waals surface area contributed by atoms with E-state index in [0.717, 1.165) is 26.1 Å². The Morgan fingerprint density at radius 3 is 2.32 bits per heavy atom. The zero-order valence-electron chi connectivity index (χ0n) is 11.2. The van der Waals surface area contributed by atoms with Crippen molar-refractivity contribution >= 4 is 55.5 Å². The van der Waals surface area contributed by atoms with Gasteiger partial charge in [0, 0.05) is 11.1 Å². The van der Waals surface area contributed by atoms with Gasteiger partial charge in [0.05, 0.1) is 8.95 Å². The zero-order chi connectivity index (χ0) is 16.1. The Morgan fingerprint density at radius 2 is 1.77 bits per heavy atom. The van der Waals surface area contributed by atoms with Gasteiger partial charge >= 0.3 is 5.97 Å². The van der Waals surface area contributed by atoms with E-state index in [2.05, 4.69) is 31.9 Å². The maximum atomic E-state index is 10.5. The van der Waals surface area contributed by atoms with Gasteiger partial charge in [-0.2, -0.15) is 0 Å². The molecule has 0 saturated heterocycles. The van der Waals surface area contributed by atoms with Gasteiger partial charge in [-0.25, -0.2) is 4.79 Å². The lowest BCUT2D eigenvalue weighted by atomic mass is 10.2. The number of carboxylic acids is 1. The molecule has 0 aliphatic carbocycles. The minimum atomic E-state index is -0.990. The Hall–Kier alpha value is -1.30. The molecule has 0 aromatic heterocycles. The van der Waals surface area contributed by atoms with Gasteiger partial charge < -0.3 is 9.84 Å². The number of ether oxygens (including phenoxy) is 1. The summed E-state index contributed by atoms with van der Waals surface area (Å²) in [5.41, 5.74) is 1.75. The SMILES string of the molecule is O=C(O)/C=C/c1cc(Br)c(OCc2ccc(Cl)cc2)c(Br)c1. The van der Waals surface area contributed by atoms with Gasteiger partial charge in [0.2, 0.25) is 0 Å². The Kier molecular flexibility index (Phi) is 6.06. The molecule has 0 aliphatic rings. The summed E-state index contributed by atoms with van der Waals surface area (Å²) in [5, 5.41) is 9.33. The van der Waals surface area contributed by atoms with Crippen molar-refractivity contribution in [2.24, 2.45) is 0 Å². The third kappa shape index (κ3) is 4.87. The van der Waals surface area contributed by atoms with E-state index in [1.165, 1.54) is 6.08 Å². The Bertz CT molecular complexity index is 689. The van der Waals surface area contributed by atoms with E-state index in [1.807, 2.05) is 24.3 Å². The minimum Gasteiger partial charge on any atom is -0.487 e. The first-order valence-corrected chi connectivity index (χ1v) is 8.19. The number of aliphatic carboxylic acids is 1. The van der Waals surface area contributed by atoms with Crippen LogP contribution >= 0.6 is 43.5 Å². The second-order valence-corrected chi connectivity index (χ2v) is 6.55. The van der Waals surface area contributed by atoms with Gasteiger partial charge in [0.25, 0.3) is 0 Å². The van der Waals surface area contributed by atoms with Crippen molar-refractivity contribution in [3.05, 3.63) is 67.6 Å². The summed E-state index contributed by atoms with van der Waals surface area (Å²) in [5.74, 6) is -0.335. The van der Waals surface area contributed by atoms with Crippen LogP contribution < -0.4 is 4.74 Å². The van der Waals surface area contributed by atoms with Gasteiger partial charge in [-0.15, -0.1) is 0 Å². The van der Waals surface area contributed by atoms with Crippen molar-refractivity contribution in [3.8, 4) is 5.75 Å². The maximum absolute atomic E-state index is 10.5. The topological polar surface area (TPSA) is 46.5 Å². The quantitative estimate of drug-likeness (QED) is 0.614. The summed E-state index contributed by atoms with van der Waals surface area (Å²) in [6, 6.07) is 11.0. The van der Waals surface area contributed by atoms with Crippen molar-refractivity contribution in [3.63, 3.8) is 0 Å². The monoisotopic (exact) mass is 444 g/mol. The second-order valence-electron chi connectivity index (χ2n) is 4.40. The molecule has 0 heterocycles. The van der Waals surface area contributed by atoms with Gasteiger partial charge in [0.1, 0.15) is 12.4 Å². The Labute approximate surface area is 149 Å².